The summed E-state index contributed by atoms with van der Waals surface area (Å²) in [4.78, 5) is 22.5. The third-order valence-electron chi connectivity index (χ3n) is 2.87. The second kappa shape index (κ2) is 5.48. The maximum atomic E-state index is 13.9. The highest BCUT2D eigenvalue weighted by Gasteiger charge is 2.25. The van der Waals surface area contributed by atoms with Gasteiger partial charge >= 0.3 is 5.97 Å². The third kappa shape index (κ3) is 2.64. The van der Waals surface area contributed by atoms with Gasteiger partial charge in [0.25, 0.3) is 0 Å². The molecule has 0 aliphatic carbocycles. The molecular formula is C13H10FN3O3. The van der Waals surface area contributed by atoms with Gasteiger partial charge < -0.3 is 5.11 Å². The van der Waals surface area contributed by atoms with Gasteiger partial charge in [0.1, 0.15) is 17.6 Å². The van der Waals surface area contributed by atoms with Crippen LogP contribution in [0.25, 0.3) is 0 Å². The van der Waals surface area contributed by atoms with Crippen molar-refractivity contribution in [2.24, 2.45) is 5.10 Å². The van der Waals surface area contributed by atoms with Crippen molar-refractivity contribution in [3.63, 3.8) is 0 Å². The van der Waals surface area contributed by atoms with Crippen LogP contribution in [-0.2, 0) is 16.1 Å². The lowest BCUT2D eigenvalue weighted by Crippen LogP contribution is -2.34. The molecule has 1 aromatic carbocycles. The third-order valence-corrected chi connectivity index (χ3v) is 2.87. The van der Waals surface area contributed by atoms with Crippen LogP contribution in [-0.4, -0.2) is 27.7 Å². The Balaban J connectivity index is 2.29. The number of carbonyl (C=O) groups excluding carboxylic acids is 1. The minimum atomic E-state index is -1.20. The van der Waals surface area contributed by atoms with Gasteiger partial charge in [0.15, 0.2) is 0 Å². The van der Waals surface area contributed by atoms with Crippen LogP contribution >= 0.6 is 0 Å². The number of hydrogen-bond donors (Lipinski definition) is 1. The first-order chi connectivity index (χ1) is 9.52. The van der Waals surface area contributed by atoms with Crippen molar-refractivity contribution in [3.8, 4) is 6.07 Å². The van der Waals surface area contributed by atoms with Gasteiger partial charge in [-0.3, -0.25) is 4.79 Å². The topological polar surface area (TPSA) is 93.8 Å². The van der Waals surface area contributed by atoms with Crippen LogP contribution < -0.4 is 0 Å². The minimum absolute atomic E-state index is 0.0185. The van der Waals surface area contributed by atoms with E-state index < -0.39 is 11.8 Å². The zero-order valence-electron chi connectivity index (χ0n) is 10.3. The molecule has 0 aromatic heterocycles. The normalized spacial score (nSPS) is 14.7. The Hall–Kier alpha value is -2.75. The van der Waals surface area contributed by atoms with Gasteiger partial charge in [-0.15, -0.1) is 0 Å². The average molecular weight is 275 g/mol. The summed E-state index contributed by atoms with van der Waals surface area (Å²) >= 11 is 0. The van der Waals surface area contributed by atoms with Crippen molar-refractivity contribution in [2.45, 2.75) is 19.4 Å². The maximum Gasteiger partial charge on any atom is 0.352 e. The molecule has 0 spiro atoms. The largest absolute Gasteiger partial charge is 0.477 e. The molecule has 1 amide bonds. The standard InChI is InChI=1S/C13H10FN3O3/c14-12-8(6-15)2-1-3-9(12)7-17-11(18)5-4-10(16-17)13(19)20/h1-3H,4-5,7H2,(H,19,20). The summed E-state index contributed by atoms with van der Waals surface area (Å²) in [5.74, 6) is -2.30. The molecule has 0 saturated carbocycles. The molecule has 102 valence electrons. The lowest BCUT2D eigenvalue weighted by atomic mass is 10.1. The molecule has 1 N–H and O–H groups in total. The number of hydrogen-bond acceptors (Lipinski definition) is 4. The maximum absolute atomic E-state index is 13.9. The van der Waals surface area contributed by atoms with Crippen LogP contribution in [0.4, 0.5) is 4.39 Å². The molecular weight excluding hydrogens is 265 g/mol. The summed E-state index contributed by atoms with van der Waals surface area (Å²) in [7, 11) is 0. The number of carboxylic acids is 1. The Morgan fingerprint density at radius 1 is 1.50 bits per heavy atom. The van der Waals surface area contributed by atoms with E-state index in [1.807, 2.05) is 0 Å². The smallest absolute Gasteiger partial charge is 0.352 e. The molecule has 0 saturated heterocycles. The number of benzene rings is 1. The van der Waals surface area contributed by atoms with Gasteiger partial charge in [-0.2, -0.15) is 10.4 Å². The summed E-state index contributed by atoms with van der Waals surface area (Å²) in [6.45, 7) is -0.197. The Labute approximate surface area is 113 Å². The zero-order valence-corrected chi connectivity index (χ0v) is 10.3. The van der Waals surface area contributed by atoms with Crippen LogP contribution in [0.2, 0.25) is 0 Å². The highest BCUT2D eigenvalue weighted by atomic mass is 19.1. The van der Waals surface area contributed by atoms with Crippen molar-refractivity contribution < 1.29 is 19.1 Å². The number of rotatable bonds is 3. The molecule has 7 heteroatoms. The number of nitriles is 1. The molecule has 0 bridgehead atoms. The summed E-state index contributed by atoms with van der Waals surface area (Å²) in [5.41, 5.74) is -0.149. The lowest BCUT2D eigenvalue weighted by Gasteiger charge is -2.22. The minimum Gasteiger partial charge on any atom is -0.477 e. The quantitative estimate of drug-likeness (QED) is 0.898. The van der Waals surface area contributed by atoms with Crippen molar-refractivity contribution in [1.82, 2.24) is 5.01 Å². The fourth-order valence-electron chi connectivity index (χ4n) is 1.83. The molecule has 1 heterocycles. The molecule has 0 radical (unpaired) electrons. The van der Waals surface area contributed by atoms with Crippen molar-refractivity contribution >= 4 is 17.6 Å². The second-order valence-electron chi connectivity index (χ2n) is 4.19. The number of aliphatic carboxylic acids is 1. The molecule has 0 atom stereocenters. The lowest BCUT2D eigenvalue weighted by molar-refractivity contribution is -0.133. The number of carbonyl (C=O) groups is 2. The van der Waals surface area contributed by atoms with Crippen LogP contribution in [0.3, 0.4) is 0 Å². The molecule has 1 aliphatic heterocycles. The SMILES string of the molecule is N#Cc1cccc(CN2N=C(C(=O)O)CCC2=O)c1F. The summed E-state index contributed by atoms with van der Waals surface area (Å²) in [5, 5.41) is 22.2. The van der Waals surface area contributed by atoms with E-state index in [0.717, 1.165) is 5.01 Å². The first-order valence-corrected chi connectivity index (χ1v) is 5.81. The number of amides is 1. The van der Waals surface area contributed by atoms with E-state index in [9.17, 15) is 14.0 Å². The molecule has 1 aromatic rings. The Bertz CT molecular complexity index is 649. The Kier molecular flexibility index (Phi) is 3.75. The predicted molar refractivity (Wildman–Crippen MR) is 66.0 cm³/mol. The van der Waals surface area contributed by atoms with E-state index in [1.165, 1.54) is 18.2 Å². The van der Waals surface area contributed by atoms with Crippen molar-refractivity contribution in [3.05, 3.63) is 35.1 Å². The first kappa shape index (κ1) is 13.7. The van der Waals surface area contributed by atoms with Gasteiger partial charge in [0.2, 0.25) is 5.91 Å². The van der Waals surface area contributed by atoms with Gasteiger partial charge in [0, 0.05) is 18.4 Å². The number of carboxylic acid groups (broad SMARTS) is 1. The fourth-order valence-corrected chi connectivity index (χ4v) is 1.83. The summed E-state index contributed by atoms with van der Waals surface area (Å²) < 4.78 is 13.9. The van der Waals surface area contributed by atoms with Crippen molar-refractivity contribution in [1.29, 1.82) is 5.26 Å². The van der Waals surface area contributed by atoms with Gasteiger partial charge in [-0.25, -0.2) is 14.2 Å². The number of halogens is 1. The number of nitrogens with zero attached hydrogens (tertiary/aromatic N) is 3. The number of hydrazone groups is 1. The molecule has 1 aliphatic rings. The highest BCUT2D eigenvalue weighted by Crippen LogP contribution is 2.18. The van der Waals surface area contributed by atoms with Gasteiger partial charge in [-0.05, 0) is 6.07 Å². The fraction of sp³-hybridized carbons (Fsp3) is 0.231. The zero-order chi connectivity index (χ0) is 14.7. The van der Waals surface area contributed by atoms with Crippen molar-refractivity contribution in [2.75, 3.05) is 0 Å². The van der Waals surface area contributed by atoms with E-state index in [-0.39, 0.29) is 42.1 Å². The Morgan fingerprint density at radius 2 is 2.25 bits per heavy atom. The molecule has 6 nitrogen and oxygen atoms in total. The molecule has 0 fully saturated rings. The highest BCUT2D eigenvalue weighted by molar-refractivity contribution is 6.36. The molecule has 0 unspecified atom stereocenters. The monoisotopic (exact) mass is 275 g/mol. The Morgan fingerprint density at radius 3 is 2.90 bits per heavy atom. The van der Waals surface area contributed by atoms with E-state index in [0.29, 0.717) is 0 Å². The molecule has 2 rings (SSSR count). The van der Waals surface area contributed by atoms with Gasteiger partial charge in [0.05, 0.1) is 12.1 Å². The van der Waals surface area contributed by atoms with E-state index in [2.05, 4.69) is 5.10 Å². The molecule has 20 heavy (non-hydrogen) atoms. The summed E-state index contributed by atoms with van der Waals surface area (Å²) in [6.07, 6.45) is 0.0794. The van der Waals surface area contributed by atoms with E-state index in [1.54, 1.807) is 6.07 Å². The second-order valence-corrected chi connectivity index (χ2v) is 4.19. The van der Waals surface area contributed by atoms with E-state index >= 15 is 0 Å². The predicted octanol–water partition coefficient (Wildman–Crippen LogP) is 1.26. The summed E-state index contributed by atoms with van der Waals surface area (Å²) in [6, 6.07) is 5.94. The van der Waals surface area contributed by atoms with Gasteiger partial charge in [-0.1, -0.05) is 12.1 Å². The van der Waals surface area contributed by atoms with Crippen LogP contribution in [0, 0.1) is 17.1 Å². The first-order valence-electron chi connectivity index (χ1n) is 5.81. The van der Waals surface area contributed by atoms with Crippen LogP contribution in [0.1, 0.15) is 24.0 Å². The van der Waals surface area contributed by atoms with E-state index in [4.69, 9.17) is 10.4 Å². The van der Waals surface area contributed by atoms with Crippen LogP contribution in [0.15, 0.2) is 23.3 Å². The van der Waals surface area contributed by atoms with Crippen LogP contribution in [0.5, 0.6) is 0 Å². The average Bonchev–Trinajstić information content (AvgIpc) is 2.43.